The van der Waals surface area contributed by atoms with Crippen LogP contribution in [0.15, 0.2) is 37.7 Å². The summed E-state index contributed by atoms with van der Waals surface area (Å²) >= 11 is 10.4. The standard InChI is InChI=1S/C14H10Br3NO4/c1-7-9(15)6-10(16)14(13(7)17)22-8-3-4-11(18(19)20)12(5-8)21-2/h3-6H,1-2H3. The van der Waals surface area contributed by atoms with Crippen LogP contribution in [0.1, 0.15) is 5.56 Å². The topological polar surface area (TPSA) is 61.6 Å². The second kappa shape index (κ2) is 6.97. The Hall–Kier alpha value is -1.12. The van der Waals surface area contributed by atoms with Gasteiger partial charge in [0.25, 0.3) is 0 Å². The Bertz CT molecular complexity index is 749. The molecule has 8 heteroatoms. The molecule has 0 heterocycles. The van der Waals surface area contributed by atoms with Crippen LogP contribution in [0, 0.1) is 17.0 Å². The summed E-state index contributed by atoms with van der Waals surface area (Å²) < 4.78 is 13.3. The zero-order chi connectivity index (χ0) is 16.4. The normalized spacial score (nSPS) is 10.4. The summed E-state index contributed by atoms with van der Waals surface area (Å²) in [5.74, 6) is 1.16. The van der Waals surface area contributed by atoms with Gasteiger partial charge in [-0.25, -0.2) is 0 Å². The molecule has 0 aliphatic carbocycles. The smallest absolute Gasteiger partial charge is 0.311 e. The van der Waals surface area contributed by atoms with Gasteiger partial charge in [0.05, 0.1) is 21.0 Å². The Labute approximate surface area is 152 Å². The van der Waals surface area contributed by atoms with Gasteiger partial charge in [0, 0.05) is 16.6 Å². The molecule has 0 aromatic heterocycles. The Morgan fingerprint density at radius 1 is 1.14 bits per heavy atom. The number of rotatable bonds is 4. The monoisotopic (exact) mass is 493 g/mol. The van der Waals surface area contributed by atoms with Crippen molar-refractivity contribution in [3.8, 4) is 17.2 Å². The van der Waals surface area contributed by atoms with Gasteiger partial charge in [0.15, 0.2) is 5.75 Å². The van der Waals surface area contributed by atoms with E-state index in [0.29, 0.717) is 11.5 Å². The zero-order valence-corrected chi connectivity index (χ0v) is 16.3. The number of benzene rings is 2. The SMILES string of the molecule is COc1cc(Oc2c(Br)cc(Br)c(C)c2Br)ccc1[N+](=O)[O-]. The van der Waals surface area contributed by atoms with E-state index in [1.54, 1.807) is 0 Å². The lowest BCUT2D eigenvalue weighted by atomic mass is 10.2. The molecule has 0 saturated carbocycles. The Morgan fingerprint density at radius 2 is 1.82 bits per heavy atom. The van der Waals surface area contributed by atoms with Crippen LogP contribution in [-0.4, -0.2) is 12.0 Å². The van der Waals surface area contributed by atoms with Gasteiger partial charge in [-0.1, -0.05) is 15.9 Å². The fraction of sp³-hybridized carbons (Fsp3) is 0.143. The maximum atomic E-state index is 10.9. The van der Waals surface area contributed by atoms with Crippen molar-refractivity contribution in [2.45, 2.75) is 6.92 Å². The van der Waals surface area contributed by atoms with E-state index in [2.05, 4.69) is 47.8 Å². The molecule has 0 bridgehead atoms. The molecule has 0 saturated heterocycles. The second-order valence-corrected chi connectivity index (χ2v) is 6.80. The van der Waals surface area contributed by atoms with Crippen molar-refractivity contribution in [3.05, 3.63) is 53.4 Å². The number of methoxy groups -OCH3 is 1. The Kier molecular flexibility index (Phi) is 5.46. The van der Waals surface area contributed by atoms with Crippen molar-refractivity contribution in [2.24, 2.45) is 0 Å². The minimum absolute atomic E-state index is 0.111. The van der Waals surface area contributed by atoms with Crippen molar-refractivity contribution < 1.29 is 14.4 Å². The first-order valence-electron chi connectivity index (χ1n) is 5.99. The lowest BCUT2D eigenvalue weighted by Gasteiger charge is -2.13. The number of nitro benzene ring substituents is 1. The minimum Gasteiger partial charge on any atom is -0.490 e. The maximum Gasteiger partial charge on any atom is 0.311 e. The number of ether oxygens (including phenoxy) is 2. The summed E-state index contributed by atoms with van der Waals surface area (Å²) in [4.78, 5) is 10.4. The van der Waals surface area contributed by atoms with Crippen LogP contribution < -0.4 is 9.47 Å². The highest BCUT2D eigenvalue weighted by atomic mass is 79.9. The van der Waals surface area contributed by atoms with E-state index in [0.717, 1.165) is 19.0 Å². The number of hydrogen-bond donors (Lipinski definition) is 0. The van der Waals surface area contributed by atoms with Gasteiger partial charge in [-0.2, -0.15) is 0 Å². The molecule has 22 heavy (non-hydrogen) atoms. The average Bonchev–Trinajstić information content (AvgIpc) is 2.49. The molecular weight excluding hydrogens is 486 g/mol. The zero-order valence-electron chi connectivity index (χ0n) is 11.5. The van der Waals surface area contributed by atoms with Crippen molar-refractivity contribution >= 4 is 53.5 Å². The lowest BCUT2D eigenvalue weighted by molar-refractivity contribution is -0.385. The summed E-state index contributed by atoms with van der Waals surface area (Å²) in [5, 5.41) is 10.9. The van der Waals surface area contributed by atoms with Gasteiger partial charge in [0.2, 0.25) is 5.75 Å². The van der Waals surface area contributed by atoms with Crippen molar-refractivity contribution in [1.29, 1.82) is 0 Å². The van der Waals surface area contributed by atoms with E-state index in [1.807, 2.05) is 13.0 Å². The van der Waals surface area contributed by atoms with Crippen molar-refractivity contribution in [3.63, 3.8) is 0 Å². The Balaban J connectivity index is 2.44. The third-order valence-electron chi connectivity index (χ3n) is 2.92. The highest BCUT2D eigenvalue weighted by molar-refractivity contribution is 9.11. The van der Waals surface area contributed by atoms with E-state index in [9.17, 15) is 10.1 Å². The number of hydrogen-bond acceptors (Lipinski definition) is 4. The first-order valence-corrected chi connectivity index (χ1v) is 8.37. The molecule has 0 amide bonds. The number of nitrogens with zero attached hydrogens (tertiary/aromatic N) is 1. The van der Waals surface area contributed by atoms with Gasteiger partial charge in [0.1, 0.15) is 5.75 Å². The molecule has 0 unspecified atom stereocenters. The van der Waals surface area contributed by atoms with Crippen molar-refractivity contribution in [2.75, 3.05) is 7.11 Å². The number of nitro groups is 1. The van der Waals surface area contributed by atoms with E-state index in [1.165, 1.54) is 25.3 Å². The van der Waals surface area contributed by atoms with E-state index >= 15 is 0 Å². The summed E-state index contributed by atoms with van der Waals surface area (Å²) in [7, 11) is 1.38. The van der Waals surface area contributed by atoms with Crippen LogP contribution in [-0.2, 0) is 0 Å². The third kappa shape index (κ3) is 3.44. The lowest BCUT2D eigenvalue weighted by Crippen LogP contribution is -1.95. The summed E-state index contributed by atoms with van der Waals surface area (Å²) in [6.45, 7) is 1.93. The molecule has 0 N–H and O–H groups in total. The summed E-state index contributed by atoms with van der Waals surface area (Å²) in [6, 6.07) is 6.23. The molecule has 5 nitrogen and oxygen atoms in total. The van der Waals surface area contributed by atoms with Crippen molar-refractivity contribution in [1.82, 2.24) is 0 Å². The first kappa shape index (κ1) is 17.2. The Morgan fingerprint density at radius 3 is 2.41 bits per heavy atom. The molecule has 0 aliphatic rings. The van der Waals surface area contributed by atoms with E-state index in [-0.39, 0.29) is 11.4 Å². The maximum absolute atomic E-state index is 10.9. The van der Waals surface area contributed by atoms with Gasteiger partial charge in [-0.15, -0.1) is 0 Å². The molecule has 116 valence electrons. The first-order chi connectivity index (χ1) is 10.3. The van der Waals surface area contributed by atoms with Crippen LogP contribution >= 0.6 is 47.8 Å². The number of halogens is 3. The van der Waals surface area contributed by atoms with Crippen LogP contribution in [0.3, 0.4) is 0 Å². The molecule has 2 aromatic rings. The average molecular weight is 496 g/mol. The second-order valence-electron chi connectivity index (χ2n) is 4.30. The van der Waals surface area contributed by atoms with E-state index in [4.69, 9.17) is 9.47 Å². The van der Waals surface area contributed by atoms with Gasteiger partial charge in [-0.3, -0.25) is 10.1 Å². The molecule has 0 fully saturated rings. The van der Waals surface area contributed by atoms with Crippen LogP contribution in [0.5, 0.6) is 17.2 Å². The largest absolute Gasteiger partial charge is 0.490 e. The molecular formula is C14H10Br3NO4. The van der Waals surface area contributed by atoms with Gasteiger partial charge >= 0.3 is 5.69 Å². The van der Waals surface area contributed by atoms with Crippen LogP contribution in [0.2, 0.25) is 0 Å². The minimum atomic E-state index is -0.502. The van der Waals surface area contributed by atoms with Crippen LogP contribution in [0.4, 0.5) is 5.69 Å². The molecule has 0 radical (unpaired) electrons. The molecule has 2 aromatic carbocycles. The highest BCUT2D eigenvalue weighted by Gasteiger charge is 2.18. The third-order valence-corrected chi connectivity index (χ3v) is 5.29. The quantitative estimate of drug-likeness (QED) is 0.386. The summed E-state index contributed by atoms with van der Waals surface area (Å²) in [6.07, 6.45) is 0. The predicted molar refractivity (Wildman–Crippen MR) is 94.0 cm³/mol. The van der Waals surface area contributed by atoms with Crippen LogP contribution in [0.25, 0.3) is 0 Å². The fourth-order valence-electron chi connectivity index (χ4n) is 1.75. The van der Waals surface area contributed by atoms with E-state index < -0.39 is 4.92 Å². The fourth-order valence-corrected chi connectivity index (χ4v) is 4.03. The van der Waals surface area contributed by atoms with Gasteiger partial charge in [-0.05, 0) is 56.5 Å². The highest BCUT2D eigenvalue weighted by Crippen LogP contribution is 2.43. The molecule has 0 atom stereocenters. The summed E-state index contributed by atoms with van der Waals surface area (Å²) in [5.41, 5.74) is 0.868. The van der Waals surface area contributed by atoms with Gasteiger partial charge < -0.3 is 9.47 Å². The molecule has 2 rings (SSSR count). The molecule has 0 spiro atoms. The predicted octanol–water partition coefficient (Wildman–Crippen LogP) is 5.99. The molecule has 0 aliphatic heterocycles.